The smallest absolute Gasteiger partial charge is 0.126 e. The van der Waals surface area contributed by atoms with Gasteiger partial charge in [-0.1, -0.05) is 6.07 Å². The minimum atomic E-state index is 0.229. The highest BCUT2D eigenvalue weighted by atomic mass is 16.5. The summed E-state index contributed by atoms with van der Waals surface area (Å²) in [5.41, 5.74) is 1.22. The summed E-state index contributed by atoms with van der Waals surface area (Å²) in [5, 5.41) is 0. The molecule has 0 saturated carbocycles. The fourth-order valence-corrected chi connectivity index (χ4v) is 1.55. The van der Waals surface area contributed by atoms with Gasteiger partial charge in [-0.2, -0.15) is 0 Å². The Morgan fingerprint density at radius 3 is 3.00 bits per heavy atom. The van der Waals surface area contributed by atoms with E-state index in [0.29, 0.717) is 0 Å². The number of ether oxygens (including phenoxy) is 2. The Bertz CT molecular complexity index is 305. The molecule has 1 aliphatic rings. The Morgan fingerprint density at radius 2 is 2.23 bits per heavy atom. The minimum Gasteiger partial charge on any atom is -0.493 e. The van der Waals surface area contributed by atoms with Gasteiger partial charge < -0.3 is 9.47 Å². The van der Waals surface area contributed by atoms with Gasteiger partial charge >= 0.3 is 0 Å². The molecule has 1 aliphatic heterocycles. The zero-order valence-electron chi connectivity index (χ0n) is 8.04. The molecule has 2 nitrogen and oxygen atoms in total. The van der Waals surface area contributed by atoms with E-state index in [-0.39, 0.29) is 6.10 Å². The summed E-state index contributed by atoms with van der Waals surface area (Å²) in [6, 6.07) is 5.98. The monoisotopic (exact) mass is 178 g/mol. The molecule has 0 bridgehead atoms. The van der Waals surface area contributed by atoms with Crippen molar-refractivity contribution in [1.29, 1.82) is 0 Å². The van der Waals surface area contributed by atoms with Gasteiger partial charge in [0.15, 0.2) is 0 Å². The number of benzene rings is 1. The van der Waals surface area contributed by atoms with Crippen LogP contribution >= 0.6 is 0 Å². The third kappa shape index (κ3) is 1.62. The van der Waals surface area contributed by atoms with Gasteiger partial charge in [-0.05, 0) is 26.0 Å². The summed E-state index contributed by atoms with van der Waals surface area (Å²) in [6.07, 6.45) is 1.20. The molecule has 0 saturated heterocycles. The predicted octanol–water partition coefficient (Wildman–Crippen LogP) is 2.41. The Kier molecular flexibility index (Phi) is 2.13. The highest BCUT2D eigenvalue weighted by Gasteiger charge is 2.16. The Balaban J connectivity index is 2.30. The van der Waals surface area contributed by atoms with E-state index in [1.54, 1.807) is 0 Å². The fraction of sp³-hybridized carbons (Fsp3) is 0.455. The molecule has 0 unspecified atom stereocenters. The topological polar surface area (TPSA) is 18.5 Å². The van der Waals surface area contributed by atoms with Crippen LogP contribution in [0.15, 0.2) is 18.2 Å². The maximum atomic E-state index is 5.68. The third-order valence-corrected chi connectivity index (χ3v) is 2.06. The summed E-state index contributed by atoms with van der Waals surface area (Å²) in [4.78, 5) is 0. The number of hydrogen-bond acceptors (Lipinski definition) is 2. The van der Waals surface area contributed by atoms with Crippen LogP contribution in [0, 0.1) is 0 Å². The molecule has 1 aromatic carbocycles. The molecule has 0 spiro atoms. The number of hydrogen-bond donors (Lipinski definition) is 0. The molecule has 1 heterocycles. The highest BCUT2D eigenvalue weighted by Crippen LogP contribution is 2.33. The van der Waals surface area contributed by atoms with Crippen LogP contribution in [-0.4, -0.2) is 12.7 Å². The molecule has 0 aliphatic carbocycles. The molecular formula is C11H14O2. The molecule has 0 atom stereocenters. The second kappa shape index (κ2) is 3.29. The van der Waals surface area contributed by atoms with E-state index in [0.717, 1.165) is 24.5 Å². The summed E-state index contributed by atoms with van der Waals surface area (Å²) in [5.74, 6) is 1.96. The first-order chi connectivity index (χ1) is 6.27. The average molecular weight is 178 g/mol. The van der Waals surface area contributed by atoms with E-state index in [1.165, 1.54) is 5.56 Å². The van der Waals surface area contributed by atoms with Crippen molar-refractivity contribution < 1.29 is 9.47 Å². The van der Waals surface area contributed by atoms with Crippen molar-refractivity contribution in [2.75, 3.05) is 6.61 Å². The number of fused-ring (bicyclic) bond motifs is 1. The average Bonchev–Trinajstić information content (AvgIpc) is 2.51. The van der Waals surface area contributed by atoms with Crippen molar-refractivity contribution in [3.05, 3.63) is 23.8 Å². The van der Waals surface area contributed by atoms with Gasteiger partial charge in [0.05, 0.1) is 12.7 Å². The first kappa shape index (κ1) is 8.42. The molecule has 0 aromatic heterocycles. The first-order valence-electron chi connectivity index (χ1n) is 4.68. The lowest BCUT2D eigenvalue weighted by Crippen LogP contribution is -2.06. The van der Waals surface area contributed by atoms with E-state index in [2.05, 4.69) is 0 Å². The van der Waals surface area contributed by atoms with Crippen LogP contribution in [0.3, 0.4) is 0 Å². The SMILES string of the molecule is CC(C)Oc1cccc2c1CCO2. The molecule has 2 rings (SSSR count). The normalized spacial score (nSPS) is 14.1. The van der Waals surface area contributed by atoms with Gasteiger partial charge in [-0.15, -0.1) is 0 Å². The van der Waals surface area contributed by atoms with Crippen LogP contribution in [-0.2, 0) is 6.42 Å². The van der Waals surface area contributed by atoms with Crippen LogP contribution in [0.25, 0.3) is 0 Å². The second-order valence-corrected chi connectivity index (χ2v) is 3.50. The Labute approximate surface area is 78.5 Å². The van der Waals surface area contributed by atoms with Crippen LogP contribution in [0.5, 0.6) is 11.5 Å². The lowest BCUT2D eigenvalue weighted by atomic mass is 10.1. The molecular weight excluding hydrogens is 164 g/mol. The quantitative estimate of drug-likeness (QED) is 0.692. The first-order valence-corrected chi connectivity index (χ1v) is 4.68. The van der Waals surface area contributed by atoms with Gasteiger partial charge in [0.25, 0.3) is 0 Å². The highest BCUT2D eigenvalue weighted by molar-refractivity contribution is 5.46. The fourth-order valence-electron chi connectivity index (χ4n) is 1.55. The molecule has 0 fully saturated rings. The van der Waals surface area contributed by atoms with Gasteiger partial charge in [0.2, 0.25) is 0 Å². The minimum absolute atomic E-state index is 0.229. The van der Waals surface area contributed by atoms with E-state index >= 15 is 0 Å². The van der Waals surface area contributed by atoms with Crippen molar-refractivity contribution >= 4 is 0 Å². The van der Waals surface area contributed by atoms with Crippen LogP contribution in [0.1, 0.15) is 19.4 Å². The van der Waals surface area contributed by atoms with Crippen LogP contribution < -0.4 is 9.47 Å². The number of rotatable bonds is 2. The summed E-state index contributed by atoms with van der Waals surface area (Å²) < 4.78 is 11.1. The van der Waals surface area contributed by atoms with Gasteiger partial charge in [0, 0.05) is 12.0 Å². The zero-order valence-corrected chi connectivity index (χ0v) is 8.04. The summed E-state index contributed by atoms with van der Waals surface area (Å²) in [6.45, 7) is 4.86. The van der Waals surface area contributed by atoms with E-state index in [9.17, 15) is 0 Å². The summed E-state index contributed by atoms with van der Waals surface area (Å²) in [7, 11) is 0. The van der Waals surface area contributed by atoms with Gasteiger partial charge in [0.1, 0.15) is 11.5 Å². The Hall–Kier alpha value is -1.18. The van der Waals surface area contributed by atoms with Gasteiger partial charge in [-0.3, -0.25) is 0 Å². The third-order valence-electron chi connectivity index (χ3n) is 2.06. The lowest BCUT2D eigenvalue weighted by Gasteiger charge is -2.12. The summed E-state index contributed by atoms with van der Waals surface area (Å²) >= 11 is 0. The molecule has 2 heteroatoms. The molecule has 70 valence electrons. The van der Waals surface area contributed by atoms with Crippen molar-refractivity contribution in [2.24, 2.45) is 0 Å². The lowest BCUT2D eigenvalue weighted by molar-refractivity contribution is 0.240. The maximum Gasteiger partial charge on any atom is 0.126 e. The van der Waals surface area contributed by atoms with Crippen molar-refractivity contribution in [1.82, 2.24) is 0 Å². The van der Waals surface area contributed by atoms with Crippen LogP contribution in [0.4, 0.5) is 0 Å². The van der Waals surface area contributed by atoms with Crippen LogP contribution in [0.2, 0.25) is 0 Å². The molecule has 0 amide bonds. The van der Waals surface area contributed by atoms with Crippen molar-refractivity contribution in [3.8, 4) is 11.5 Å². The van der Waals surface area contributed by atoms with Crippen molar-refractivity contribution in [2.45, 2.75) is 26.4 Å². The standard InChI is InChI=1S/C11H14O2/c1-8(2)13-11-5-3-4-10-9(11)6-7-12-10/h3-5,8H,6-7H2,1-2H3. The Morgan fingerprint density at radius 1 is 1.38 bits per heavy atom. The van der Waals surface area contributed by atoms with Crippen molar-refractivity contribution in [3.63, 3.8) is 0 Å². The molecule has 0 N–H and O–H groups in total. The second-order valence-electron chi connectivity index (χ2n) is 3.50. The molecule has 0 radical (unpaired) electrons. The zero-order chi connectivity index (χ0) is 9.26. The predicted molar refractivity (Wildman–Crippen MR) is 51.4 cm³/mol. The molecule has 1 aromatic rings. The van der Waals surface area contributed by atoms with E-state index in [4.69, 9.17) is 9.47 Å². The van der Waals surface area contributed by atoms with E-state index < -0.39 is 0 Å². The molecule has 13 heavy (non-hydrogen) atoms. The maximum absolute atomic E-state index is 5.68. The van der Waals surface area contributed by atoms with Gasteiger partial charge in [-0.25, -0.2) is 0 Å². The van der Waals surface area contributed by atoms with E-state index in [1.807, 2.05) is 32.0 Å². The largest absolute Gasteiger partial charge is 0.493 e.